The number of hydrogen-bond donors (Lipinski definition) is 2. The summed E-state index contributed by atoms with van der Waals surface area (Å²) in [6, 6.07) is 4.44. The van der Waals surface area contributed by atoms with E-state index in [-0.39, 0.29) is 11.5 Å². The summed E-state index contributed by atoms with van der Waals surface area (Å²) in [7, 11) is 1.90. The maximum absolute atomic E-state index is 10.3. The molecular weight excluding hydrogens is 234 g/mol. The van der Waals surface area contributed by atoms with E-state index >= 15 is 0 Å². The molecule has 1 aromatic carbocycles. The van der Waals surface area contributed by atoms with Gasteiger partial charge in [0.1, 0.15) is 0 Å². The molecular formula is C17H29NO. The Bertz CT molecular complexity index is 426. The number of aryl methyl sites for hydroxylation is 2. The van der Waals surface area contributed by atoms with Crippen LogP contribution in [0, 0.1) is 13.8 Å². The van der Waals surface area contributed by atoms with Crippen LogP contribution in [0.1, 0.15) is 62.9 Å². The Morgan fingerprint density at radius 3 is 1.68 bits per heavy atom. The molecule has 1 rings (SSSR count). The van der Waals surface area contributed by atoms with E-state index < -0.39 is 5.60 Å². The molecule has 0 saturated carbocycles. The Labute approximate surface area is 118 Å². The molecule has 2 nitrogen and oxygen atoms in total. The van der Waals surface area contributed by atoms with Gasteiger partial charge >= 0.3 is 0 Å². The topological polar surface area (TPSA) is 32.3 Å². The van der Waals surface area contributed by atoms with Gasteiger partial charge in [-0.3, -0.25) is 0 Å². The Hall–Kier alpha value is -0.860. The second kappa shape index (κ2) is 5.26. The molecule has 0 radical (unpaired) electrons. The third kappa shape index (κ3) is 3.58. The average Bonchev–Trinajstić information content (AvgIpc) is 2.19. The molecule has 0 bridgehead atoms. The van der Waals surface area contributed by atoms with Crippen LogP contribution < -0.4 is 5.32 Å². The fourth-order valence-corrected chi connectivity index (χ4v) is 2.71. The Kier molecular flexibility index (Phi) is 4.48. The van der Waals surface area contributed by atoms with Gasteiger partial charge in [-0.1, -0.05) is 32.9 Å². The maximum Gasteiger partial charge on any atom is 0.0785 e. The molecule has 0 aliphatic heterocycles. The second-order valence-electron chi connectivity index (χ2n) is 7.15. The zero-order valence-corrected chi connectivity index (χ0v) is 13.7. The normalized spacial score (nSPS) is 14.6. The molecule has 0 aromatic heterocycles. The van der Waals surface area contributed by atoms with Crippen molar-refractivity contribution in [3.63, 3.8) is 0 Å². The molecule has 0 spiro atoms. The smallest absolute Gasteiger partial charge is 0.0785 e. The molecule has 0 heterocycles. The fraction of sp³-hybridized carbons (Fsp3) is 0.647. The minimum absolute atomic E-state index is 0.0541. The van der Waals surface area contributed by atoms with Crippen LogP contribution in [0.4, 0.5) is 0 Å². The van der Waals surface area contributed by atoms with Crippen molar-refractivity contribution in [3.05, 3.63) is 34.4 Å². The van der Waals surface area contributed by atoms with Gasteiger partial charge in [0.2, 0.25) is 0 Å². The lowest BCUT2D eigenvalue weighted by Gasteiger charge is -2.33. The van der Waals surface area contributed by atoms with Gasteiger partial charge in [-0.05, 0) is 62.4 Å². The van der Waals surface area contributed by atoms with Crippen LogP contribution in [0.5, 0.6) is 0 Å². The van der Waals surface area contributed by atoms with Gasteiger partial charge in [0.05, 0.1) is 11.6 Å². The van der Waals surface area contributed by atoms with Crippen LogP contribution in [0.25, 0.3) is 0 Å². The molecule has 0 amide bonds. The predicted molar refractivity (Wildman–Crippen MR) is 82.7 cm³/mol. The van der Waals surface area contributed by atoms with Crippen molar-refractivity contribution in [1.29, 1.82) is 0 Å². The molecule has 19 heavy (non-hydrogen) atoms. The highest BCUT2D eigenvalue weighted by Crippen LogP contribution is 2.33. The number of benzene rings is 1. The molecule has 0 aliphatic carbocycles. The van der Waals surface area contributed by atoms with Crippen LogP contribution in [0.3, 0.4) is 0 Å². The number of rotatable bonds is 3. The van der Waals surface area contributed by atoms with Gasteiger partial charge in [-0.15, -0.1) is 0 Å². The molecule has 108 valence electrons. The van der Waals surface area contributed by atoms with E-state index in [9.17, 15) is 5.11 Å². The minimum atomic E-state index is -0.784. The Morgan fingerprint density at radius 1 is 1.00 bits per heavy atom. The first-order valence-corrected chi connectivity index (χ1v) is 6.99. The molecule has 0 aliphatic rings. The zero-order valence-electron chi connectivity index (χ0n) is 13.7. The molecule has 0 saturated heterocycles. The largest absolute Gasteiger partial charge is 0.388 e. The molecule has 1 atom stereocenters. The minimum Gasteiger partial charge on any atom is -0.388 e. The van der Waals surface area contributed by atoms with E-state index in [1.165, 1.54) is 22.3 Å². The molecule has 0 fully saturated rings. The summed E-state index contributed by atoms with van der Waals surface area (Å²) in [5, 5.41) is 13.6. The van der Waals surface area contributed by atoms with Crippen LogP contribution in [-0.2, 0) is 5.41 Å². The van der Waals surface area contributed by atoms with Crippen molar-refractivity contribution in [2.75, 3.05) is 7.05 Å². The van der Waals surface area contributed by atoms with Crippen LogP contribution in [-0.4, -0.2) is 17.8 Å². The van der Waals surface area contributed by atoms with E-state index in [0.29, 0.717) is 0 Å². The van der Waals surface area contributed by atoms with Crippen molar-refractivity contribution in [2.45, 2.75) is 65.5 Å². The zero-order chi connectivity index (χ0) is 15.0. The number of hydrogen-bond acceptors (Lipinski definition) is 2. The van der Waals surface area contributed by atoms with Gasteiger partial charge in [0.25, 0.3) is 0 Å². The summed E-state index contributed by atoms with van der Waals surface area (Å²) in [5.41, 5.74) is 4.41. The highest BCUT2D eigenvalue weighted by atomic mass is 16.3. The van der Waals surface area contributed by atoms with Crippen molar-refractivity contribution in [1.82, 2.24) is 5.32 Å². The number of aliphatic hydroxyl groups is 1. The van der Waals surface area contributed by atoms with Gasteiger partial charge in [0, 0.05) is 0 Å². The standard InChI is InChI=1S/C17H29NO/c1-11-9-13(16(3,4)5)10-12(2)14(11)15(18-8)17(6,7)19/h9-10,15,18-19H,1-8H3. The first kappa shape index (κ1) is 16.2. The monoisotopic (exact) mass is 263 g/mol. The van der Waals surface area contributed by atoms with E-state index in [1.807, 2.05) is 20.9 Å². The fourth-order valence-electron chi connectivity index (χ4n) is 2.71. The van der Waals surface area contributed by atoms with E-state index in [2.05, 4.69) is 52.1 Å². The quantitative estimate of drug-likeness (QED) is 0.873. The lowest BCUT2D eigenvalue weighted by molar-refractivity contribution is 0.0395. The van der Waals surface area contributed by atoms with Gasteiger partial charge < -0.3 is 10.4 Å². The summed E-state index contributed by atoms with van der Waals surface area (Å²) in [5.74, 6) is 0. The Balaban J connectivity index is 3.39. The van der Waals surface area contributed by atoms with Crippen LogP contribution in [0.15, 0.2) is 12.1 Å². The summed E-state index contributed by atoms with van der Waals surface area (Å²) in [6.07, 6.45) is 0. The van der Waals surface area contributed by atoms with Crippen molar-refractivity contribution < 1.29 is 5.11 Å². The second-order valence-corrected chi connectivity index (χ2v) is 7.15. The predicted octanol–water partition coefficient (Wildman–Crippen LogP) is 3.63. The average molecular weight is 263 g/mol. The summed E-state index contributed by atoms with van der Waals surface area (Å²) in [6.45, 7) is 14.7. The summed E-state index contributed by atoms with van der Waals surface area (Å²) in [4.78, 5) is 0. The van der Waals surface area contributed by atoms with Gasteiger partial charge in [-0.25, -0.2) is 0 Å². The van der Waals surface area contributed by atoms with Gasteiger partial charge in [0.15, 0.2) is 0 Å². The maximum atomic E-state index is 10.3. The van der Waals surface area contributed by atoms with Crippen molar-refractivity contribution in [3.8, 4) is 0 Å². The molecule has 1 aromatic rings. The first-order chi connectivity index (χ1) is 8.48. The van der Waals surface area contributed by atoms with E-state index in [1.54, 1.807) is 0 Å². The highest BCUT2D eigenvalue weighted by Gasteiger charge is 2.30. The van der Waals surface area contributed by atoms with Crippen LogP contribution in [0.2, 0.25) is 0 Å². The Morgan fingerprint density at radius 2 is 1.42 bits per heavy atom. The van der Waals surface area contributed by atoms with E-state index in [0.717, 1.165) is 0 Å². The summed E-state index contributed by atoms with van der Waals surface area (Å²) < 4.78 is 0. The molecule has 2 heteroatoms. The SMILES string of the molecule is CNC(c1c(C)cc(C(C)(C)C)cc1C)C(C)(C)O. The van der Waals surface area contributed by atoms with Crippen molar-refractivity contribution >= 4 is 0 Å². The molecule has 1 unspecified atom stereocenters. The lowest BCUT2D eigenvalue weighted by Crippen LogP contribution is -2.38. The lowest BCUT2D eigenvalue weighted by atomic mass is 9.80. The summed E-state index contributed by atoms with van der Waals surface area (Å²) >= 11 is 0. The molecule has 2 N–H and O–H groups in total. The van der Waals surface area contributed by atoms with Crippen molar-refractivity contribution in [2.24, 2.45) is 0 Å². The third-order valence-corrected chi connectivity index (χ3v) is 3.74. The highest BCUT2D eigenvalue weighted by molar-refractivity contribution is 5.43. The first-order valence-electron chi connectivity index (χ1n) is 6.99. The van der Waals surface area contributed by atoms with Crippen LogP contribution >= 0.6 is 0 Å². The number of nitrogens with one attached hydrogen (secondary N) is 1. The van der Waals surface area contributed by atoms with Gasteiger partial charge in [-0.2, -0.15) is 0 Å². The third-order valence-electron chi connectivity index (χ3n) is 3.74. The van der Waals surface area contributed by atoms with E-state index in [4.69, 9.17) is 0 Å². The number of likely N-dealkylation sites (N-methyl/N-ethyl adjacent to an activating group) is 1.